The SMILES string of the molecule is O=C(O)[C@H]1CCCN1C(=O)CC1OCCc2ccccc21. The molecule has 0 saturated carbocycles. The summed E-state index contributed by atoms with van der Waals surface area (Å²) in [5, 5.41) is 9.17. The fraction of sp³-hybridized carbons (Fsp3) is 0.500. The first-order valence-corrected chi connectivity index (χ1v) is 7.38. The Kier molecular flexibility index (Phi) is 3.92. The molecule has 0 spiro atoms. The maximum atomic E-state index is 12.4. The Morgan fingerprint density at radius 1 is 1.33 bits per heavy atom. The zero-order chi connectivity index (χ0) is 14.8. The van der Waals surface area contributed by atoms with Gasteiger partial charge < -0.3 is 14.7 Å². The molecule has 1 aromatic carbocycles. The number of carboxylic acids is 1. The summed E-state index contributed by atoms with van der Waals surface area (Å²) in [6, 6.07) is 7.32. The molecule has 1 aromatic rings. The molecule has 112 valence electrons. The lowest BCUT2D eigenvalue weighted by molar-refractivity contribution is -0.149. The highest BCUT2D eigenvalue weighted by molar-refractivity contribution is 5.84. The van der Waals surface area contributed by atoms with Crippen molar-refractivity contribution in [1.82, 2.24) is 4.90 Å². The number of likely N-dealkylation sites (tertiary alicyclic amines) is 1. The molecule has 1 unspecified atom stereocenters. The molecule has 0 aliphatic carbocycles. The fourth-order valence-electron chi connectivity index (χ4n) is 3.24. The normalized spacial score (nSPS) is 24.7. The van der Waals surface area contributed by atoms with E-state index in [9.17, 15) is 14.7 Å². The minimum atomic E-state index is -0.911. The number of fused-ring (bicyclic) bond motifs is 1. The lowest BCUT2D eigenvalue weighted by Crippen LogP contribution is -2.41. The quantitative estimate of drug-likeness (QED) is 0.921. The van der Waals surface area contributed by atoms with E-state index >= 15 is 0 Å². The van der Waals surface area contributed by atoms with E-state index in [-0.39, 0.29) is 18.4 Å². The molecule has 5 nitrogen and oxygen atoms in total. The van der Waals surface area contributed by atoms with Gasteiger partial charge in [-0.15, -0.1) is 0 Å². The molecular formula is C16H19NO4. The number of hydrogen-bond donors (Lipinski definition) is 1. The second-order valence-electron chi connectivity index (χ2n) is 5.60. The van der Waals surface area contributed by atoms with Crippen LogP contribution in [0.15, 0.2) is 24.3 Å². The smallest absolute Gasteiger partial charge is 0.326 e. The highest BCUT2D eigenvalue weighted by Gasteiger charge is 2.35. The monoisotopic (exact) mass is 289 g/mol. The van der Waals surface area contributed by atoms with Crippen molar-refractivity contribution in [3.8, 4) is 0 Å². The van der Waals surface area contributed by atoms with Crippen molar-refractivity contribution in [2.45, 2.75) is 37.8 Å². The van der Waals surface area contributed by atoms with Gasteiger partial charge in [0.2, 0.25) is 5.91 Å². The van der Waals surface area contributed by atoms with Gasteiger partial charge in [-0.1, -0.05) is 24.3 Å². The van der Waals surface area contributed by atoms with Crippen LogP contribution in [0, 0.1) is 0 Å². The summed E-state index contributed by atoms with van der Waals surface area (Å²) < 4.78 is 5.74. The minimum Gasteiger partial charge on any atom is -0.480 e. The number of hydrogen-bond acceptors (Lipinski definition) is 3. The molecule has 5 heteroatoms. The van der Waals surface area contributed by atoms with Crippen LogP contribution < -0.4 is 0 Å². The number of carbonyl (C=O) groups excluding carboxylic acids is 1. The standard InChI is InChI=1S/C16H19NO4/c18-15(17-8-3-6-13(17)16(19)20)10-14-12-5-2-1-4-11(12)7-9-21-14/h1-2,4-5,13-14H,3,6-10H2,(H,19,20)/t13-,14?/m1/s1. The van der Waals surface area contributed by atoms with Crippen molar-refractivity contribution in [2.24, 2.45) is 0 Å². The number of ether oxygens (including phenoxy) is 1. The van der Waals surface area contributed by atoms with Crippen LogP contribution in [0.4, 0.5) is 0 Å². The lowest BCUT2D eigenvalue weighted by Gasteiger charge is -2.28. The third-order valence-electron chi connectivity index (χ3n) is 4.31. The van der Waals surface area contributed by atoms with Gasteiger partial charge in [0.1, 0.15) is 6.04 Å². The Labute approximate surface area is 123 Å². The fourth-order valence-corrected chi connectivity index (χ4v) is 3.24. The Hall–Kier alpha value is -1.88. The molecule has 3 rings (SSSR count). The maximum Gasteiger partial charge on any atom is 0.326 e. The van der Waals surface area contributed by atoms with Crippen molar-refractivity contribution in [1.29, 1.82) is 0 Å². The topological polar surface area (TPSA) is 66.8 Å². The maximum absolute atomic E-state index is 12.4. The van der Waals surface area contributed by atoms with Gasteiger partial charge in [0.15, 0.2) is 0 Å². The summed E-state index contributed by atoms with van der Waals surface area (Å²) >= 11 is 0. The molecule has 0 radical (unpaired) electrons. The number of carboxylic acid groups (broad SMARTS) is 1. The van der Waals surface area contributed by atoms with E-state index in [4.69, 9.17) is 4.74 Å². The van der Waals surface area contributed by atoms with Gasteiger partial charge in [-0.3, -0.25) is 4.79 Å². The summed E-state index contributed by atoms with van der Waals surface area (Å²) in [4.78, 5) is 25.1. The van der Waals surface area contributed by atoms with Crippen LogP contribution in [0.25, 0.3) is 0 Å². The predicted molar refractivity (Wildman–Crippen MR) is 75.8 cm³/mol. The van der Waals surface area contributed by atoms with Gasteiger partial charge >= 0.3 is 5.97 Å². The minimum absolute atomic E-state index is 0.124. The average Bonchev–Trinajstić information content (AvgIpc) is 2.97. The molecule has 0 bridgehead atoms. The number of aliphatic carboxylic acids is 1. The number of nitrogens with zero attached hydrogens (tertiary/aromatic N) is 1. The van der Waals surface area contributed by atoms with Gasteiger partial charge in [-0.2, -0.15) is 0 Å². The number of amides is 1. The predicted octanol–water partition coefficient (Wildman–Crippen LogP) is 1.77. The third-order valence-corrected chi connectivity index (χ3v) is 4.31. The van der Waals surface area contributed by atoms with Crippen LogP contribution in [-0.4, -0.2) is 41.1 Å². The van der Waals surface area contributed by atoms with Crippen molar-refractivity contribution in [3.63, 3.8) is 0 Å². The summed E-state index contributed by atoms with van der Waals surface area (Å²) in [7, 11) is 0. The van der Waals surface area contributed by atoms with E-state index in [1.165, 1.54) is 10.5 Å². The van der Waals surface area contributed by atoms with E-state index < -0.39 is 12.0 Å². The molecule has 1 amide bonds. The van der Waals surface area contributed by atoms with Crippen LogP contribution in [0.2, 0.25) is 0 Å². The first-order valence-electron chi connectivity index (χ1n) is 7.38. The number of rotatable bonds is 3. The first-order chi connectivity index (χ1) is 10.2. The van der Waals surface area contributed by atoms with Crippen molar-refractivity contribution >= 4 is 11.9 Å². The zero-order valence-electron chi connectivity index (χ0n) is 11.8. The van der Waals surface area contributed by atoms with Gasteiger partial charge in [0.05, 0.1) is 19.1 Å². The van der Waals surface area contributed by atoms with Gasteiger partial charge in [0, 0.05) is 6.54 Å². The van der Waals surface area contributed by atoms with Crippen molar-refractivity contribution < 1.29 is 19.4 Å². The molecule has 1 N–H and O–H groups in total. The molecule has 1 fully saturated rings. The van der Waals surface area contributed by atoms with Gasteiger partial charge in [-0.25, -0.2) is 4.79 Å². The number of benzene rings is 1. The highest BCUT2D eigenvalue weighted by Crippen LogP contribution is 2.31. The second kappa shape index (κ2) is 5.85. The molecule has 2 heterocycles. The Balaban J connectivity index is 1.73. The van der Waals surface area contributed by atoms with Crippen LogP contribution in [0.3, 0.4) is 0 Å². The molecule has 0 aromatic heterocycles. The Morgan fingerprint density at radius 2 is 2.14 bits per heavy atom. The zero-order valence-corrected chi connectivity index (χ0v) is 11.8. The van der Waals surface area contributed by atoms with Crippen molar-refractivity contribution in [2.75, 3.05) is 13.2 Å². The molecular weight excluding hydrogens is 270 g/mol. The van der Waals surface area contributed by atoms with E-state index in [0.717, 1.165) is 18.4 Å². The van der Waals surface area contributed by atoms with E-state index in [1.54, 1.807) is 0 Å². The number of carbonyl (C=O) groups is 2. The van der Waals surface area contributed by atoms with E-state index in [2.05, 4.69) is 6.07 Å². The molecule has 2 atom stereocenters. The van der Waals surface area contributed by atoms with Crippen LogP contribution in [0.5, 0.6) is 0 Å². The van der Waals surface area contributed by atoms with Crippen LogP contribution in [-0.2, 0) is 20.7 Å². The van der Waals surface area contributed by atoms with Crippen LogP contribution in [0.1, 0.15) is 36.5 Å². The molecule has 1 saturated heterocycles. The summed E-state index contributed by atoms with van der Waals surface area (Å²) in [5.74, 6) is -1.03. The largest absolute Gasteiger partial charge is 0.480 e. The summed E-state index contributed by atoms with van der Waals surface area (Å²) in [5.41, 5.74) is 2.28. The van der Waals surface area contributed by atoms with Gasteiger partial charge in [-0.05, 0) is 30.4 Å². The Bertz CT molecular complexity index is 557. The third kappa shape index (κ3) is 2.78. The first kappa shape index (κ1) is 14.1. The second-order valence-corrected chi connectivity index (χ2v) is 5.60. The molecule has 2 aliphatic rings. The van der Waals surface area contributed by atoms with E-state index in [0.29, 0.717) is 19.6 Å². The lowest BCUT2D eigenvalue weighted by atomic mass is 9.95. The summed E-state index contributed by atoms with van der Waals surface area (Å²) in [6.07, 6.45) is 2.13. The average molecular weight is 289 g/mol. The summed E-state index contributed by atoms with van der Waals surface area (Å²) in [6.45, 7) is 1.14. The van der Waals surface area contributed by atoms with E-state index in [1.807, 2.05) is 18.2 Å². The van der Waals surface area contributed by atoms with Crippen LogP contribution >= 0.6 is 0 Å². The highest BCUT2D eigenvalue weighted by atomic mass is 16.5. The van der Waals surface area contributed by atoms with Gasteiger partial charge in [0.25, 0.3) is 0 Å². The van der Waals surface area contributed by atoms with Crippen molar-refractivity contribution in [3.05, 3.63) is 35.4 Å². The molecule has 2 aliphatic heterocycles. The molecule has 21 heavy (non-hydrogen) atoms. The Morgan fingerprint density at radius 3 is 2.95 bits per heavy atom.